The van der Waals surface area contributed by atoms with Gasteiger partial charge in [0.1, 0.15) is 0 Å². The molecule has 0 spiro atoms. The highest BCUT2D eigenvalue weighted by Crippen LogP contribution is 2.27. The third kappa shape index (κ3) is 2.63. The van der Waals surface area contributed by atoms with E-state index in [1.807, 2.05) is 19.9 Å². The van der Waals surface area contributed by atoms with Gasteiger partial charge >= 0.3 is 0 Å². The van der Waals surface area contributed by atoms with Crippen LogP contribution in [0, 0.1) is 0 Å². The molecule has 1 saturated heterocycles. The molecule has 1 aliphatic heterocycles. The molecule has 0 aromatic heterocycles. The highest BCUT2D eigenvalue weighted by molar-refractivity contribution is 5.29. The summed E-state index contributed by atoms with van der Waals surface area (Å²) in [7, 11) is 0. The molecule has 1 heterocycles. The number of quaternary nitrogens is 1. The number of hydrogen-bond donors (Lipinski definition) is 2. The zero-order valence-electron chi connectivity index (χ0n) is 10.2. The maximum Gasteiger partial charge on any atom is 0.0840 e. The molecule has 88 valence electrons. The van der Waals surface area contributed by atoms with E-state index in [9.17, 15) is 5.11 Å². The molecule has 1 aliphatic rings. The minimum atomic E-state index is -0.725. The van der Waals surface area contributed by atoms with Crippen LogP contribution in [0.5, 0.6) is 0 Å². The molecular formula is C14H22NO+. The molecule has 0 unspecified atom stereocenters. The maximum absolute atomic E-state index is 10.0. The van der Waals surface area contributed by atoms with Crippen molar-refractivity contribution in [2.24, 2.45) is 0 Å². The Kier molecular flexibility index (Phi) is 3.31. The van der Waals surface area contributed by atoms with Crippen LogP contribution >= 0.6 is 0 Å². The van der Waals surface area contributed by atoms with Crippen LogP contribution in [0.3, 0.4) is 0 Å². The molecule has 0 radical (unpaired) electrons. The largest absolute Gasteiger partial charge is 0.386 e. The van der Waals surface area contributed by atoms with Crippen LogP contribution in [0.15, 0.2) is 24.3 Å². The smallest absolute Gasteiger partial charge is 0.0840 e. The van der Waals surface area contributed by atoms with Gasteiger partial charge in [0.15, 0.2) is 0 Å². The monoisotopic (exact) mass is 220 g/mol. The second kappa shape index (κ2) is 4.56. The standard InChI is InChI=1S/C14H21NO/c1-14(2,16)13-5-3-4-12(10-13)11-6-8-15-9-7-11/h3-5,10-11,15-16H,6-9H2,1-2H3/p+1. The Morgan fingerprint density at radius 1 is 1.25 bits per heavy atom. The van der Waals surface area contributed by atoms with Crippen LogP contribution in [0.2, 0.25) is 0 Å². The van der Waals surface area contributed by atoms with Gasteiger partial charge in [-0.15, -0.1) is 0 Å². The van der Waals surface area contributed by atoms with E-state index in [2.05, 4.69) is 23.5 Å². The average molecular weight is 220 g/mol. The highest BCUT2D eigenvalue weighted by Gasteiger charge is 2.20. The lowest BCUT2D eigenvalue weighted by Gasteiger charge is -2.23. The lowest BCUT2D eigenvalue weighted by atomic mass is 9.87. The van der Waals surface area contributed by atoms with E-state index < -0.39 is 5.60 Å². The van der Waals surface area contributed by atoms with Crippen LogP contribution in [-0.2, 0) is 5.60 Å². The average Bonchev–Trinajstić information content (AvgIpc) is 2.29. The van der Waals surface area contributed by atoms with Crippen molar-refractivity contribution in [3.05, 3.63) is 35.4 Å². The van der Waals surface area contributed by atoms with Gasteiger partial charge in [0, 0.05) is 12.8 Å². The fraction of sp³-hybridized carbons (Fsp3) is 0.571. The van der Waals surface area contributed by atoms with Crippen molar-refractivity contribution in [1.82, 2.24) is 0 Å². The number of aliphatic hydroxyl groups is 1. The lowest BCUT2D eigenvalue weighted by Crippen LogP contribution is -2.86. The van der Waals surface area contributed by atoms with Gasteiger partial charge in [0.25, 0.3) is 0 Å². The third-order valence-corrected chi connectivity index (χ3v) is 3.50. The van der Waals surface area contributed by atoms with Gasteiger partial charge in [-0.2, -0.15) is 0 Å². The van der Waals surface area contributed by atoms with Crippen molar-refractivity contribution in [3.63, 3.8) is 0 Å². The van der Waals surface area contributed by atoms with Gasteiger partial charge in [-0.3, -0.25) is 0 Å². The molecule has 0 amide bonds. The quantitative estimate of drug-likeness (QED) is 0.775. The molecule has 0 aliphatic carbocycles. The molecule has 3 N–H and O–H groups in total. The Labute approximate surface area is 97.7 Å². The predicted octanol–water partition coefficient (Wildman–Crippen LogP) is 1.35. The van der Waals surface area contributed by atoms with Gasteiger partial charge < -0.3 is 10.4 Å². The summed E-state index contributed by atoms with van der Waals surface area (Å²) in [5.74, 6) is 0.687. The minimum absolute atomic E-state index is 0.687. The van der Waals surface area contributed by atoms with E-state index in [4.69, 9.17) is 0 Å². The molecule has 1 fully saturated rings. The summed E-state index contributed by atoms with van der Waals surface area (Å²) in [5.41, 5.74) is 1.70. The molecule has 0 saturated carbocycles. The van der Waals surface area contributed by atoms with Gasteiger partial charge in [0.05, 0.1) is 18.7 Å². The van der Waals surface area contributed by atoms with Crippen molar-refractivity contribution in [2.75, 3.05) is 13.1 Å². The van der Waals surface area contributed by atoms with Gasteiger partial charge in [0.2, 0.25) is 0 Å². The first kappa shape index (κ1) is 11.6. The number of nitrogens with two attached hydrogens (primary N) is 1. The Hall–Kier alpha value is -0.860. The Morgan fingerprint density at radius 2 is 1.94 bits per heavy atom. The van der Waals surface area contributed by atoms with E-state index >= 15 is 0 Å². The molecular weight excluding hydrogens is 198 g/mol. The molecule has 2 heteroatoms. The first-order valence-corrected chi connectivity index (χ1v) is 6.22. The molecule has 1 aromatic rings. The topological polar surface area (TPSA) is 36.8 Å². The molecule has 2 rings (SSSR count). The molecule has 2 nitrogen and oxygen atoms in total. The number of hydrogen-bond acceptors (Lipinski definition) is 1. The van der Waals surface area contributed by atoms with Crippen LogP contribution in [-0.4, -0.2) is 18.2 Å². The summed E-state index contributed by atoms with van der Waals surface area (Å²) in [6, 6.07) is 8.46. The van der Waals surface area contributed by atoms with E-state index in [0.29, 0.717) is 5.92 Å². The summed E-state index contributed by atoms with van der Waals surface area (Å²) >= 11 is 0. The van der Waals surface area contributed by atoms with Crippen molar-refractivity contribution in [2.45, 2.75) is 38.2 Å². The fourth-order valence-corrected chi connectivity index (χ4v) is 2.43. The first-order valence-electron chi connectivity index (χ1n) is 6.22. The van der Waals surface area contributed by atoms with E-state index in [1.54, 1.807) is 0 Å². The van der Waals surface area contributed by atoms with Gasteiger partial charge in [-0.25, -0.2) is 0 Å². The van der Waals surface area contributed by atoms with E-state index in [1.165, 1.54) is 31.5 Å². The Balaban J connectivity index is 2.21. The number of rotatable bonds is 2. The summed E-state index contributed by atoms with van der Waals surface area (Å²) in [4.78, 5) is 0. The van der Waals surface area contributed by atoms with Gasteiger partial charge in [-0.05, 0) is 30.9 Å². The molecule has 16 heavy (non-hydrogen) atoms. The number of piperidine rings is 1. The zero-order valence-corrected chi connectivity index (χ0v) is 10.2. The van der Waals surface area contributed by atoms with Crippen molar-refractivity contribution in [3.8, 4) is 0 Å². The fourth-order valence-electron chi connectivity index (χ4n) is 2.43. The van der Waals surface area contributed by atoms with Crippen LogP contribution in [0.1, 0.15) is 43.7 Å². The summed E-state index contributed by atoms with van der Waals surface area (Å²) in [6.45, 7) is 6.16. The summed E-state index contributed by atoms with van der Waals surface area (Å²) in [6.07, 6.45) is 2.52. The van der Waals surface area contributed by atoms with E-state index in [-0.39, 0.29) is 0 Å². The van der Waals surface area contributed by atoms with Crippen LogP contribution in [0.25, 0.3) is 0 Å². The highest BCUT2D eigenvalue weighted by atomic mass is 16.3. The first-order chi connectivity index (χ1) is 7.57. The maximum atomic E-state index is 10.0. The van der Waals surface area contributed by atoms with Crippen molar-refractivity contribution >= 4 is 0 Å². The predicted molar refractivity (Wildman–Crippen MR) is 65.3 cm³/mol. The van der Waals surface area contributed by atoms with Crippen molar-refractivity contribution < 1.29 is 10.4 Å². The molecule has 0 atom stereocenters. The van der Waals surface area contributed by atoms with Crippen LogP contribution in [0.4, 0.5) is 0 Å². The minimum Gasteiger partial charge on any atom is -0.386 e. The lowest BCUT2D eigenvalue weighted by molar-refractivity contribution is -0.663. The number of benzene rings is 1. The Morgan fingerprint density at radius 3 is 2.56 bits per heavy atom. The van der Waals surface area contributed by atoms with Crippen LogP contribution < -0.4 is 5.32 Å². The second-order valence-corrected chi connectivity index (χ2v) is 5.32. The van der Waals surface area contributed by atoms with Crippen molar-refractivity contribution in [1.29, 1.82) is 0 Å². The molecule has 1 aromatic carbocycles. The zero-order chi connectivity index (χ0) is 11.6. The SMILES string of the molecule is CC(C)(O)c1cccc(C2CC[NH2+]CC2)c1. The summed E-state index contributed by atoms with van der Waals surface area (Å²) in [5, 5.41) is 12.4. The second-order valence-electron chi connectivity index (χ2n) is 5.32. The van der Waals surface area contributed by atoms with Gasteiger partial charge in [-0.1, -0.05) is 24.3 Å². The van der Waals surface area contributed by atoms with E-state index in [0.717, 1.165) is 5.56 Å². The Bertz CT molecular complexity index is 348. The normalized spacial score (nSPS) is 18.7. The third-order valence-electron chi connectivity index (χ3n) is 3.50. The molecule has 0 bridgehead atoms. The summed E-state index contributed by atoms with van der Waals surface area (Å²) < 4.78 is 0.